The molecule has 0 aromatic carbocycles. The number of aromatic nitrogens is 1. The Morgan fingerprint density at radius 2 is 2.24 bits per heavy atom. The molecule has 0 spiro atoms. The second-order valence-corrected chi connectivity index (χ2v) is 5.24. The molecule has 112 valence electrons. The summed E-state index contributed by atoms with van der Waals surface area (Å²) < 4.78 is 5.09. The Hall–Kier alpha value is -2.30. The number of hydrogen-bond donors (Lipinski definition) is 2. The second kappa shape index (κ2) is 5.24. The molecule has 0 radical (unpaired) electrons. The van der Waals surface area contributed by atoms with Gasteiger partial charge in [0.15, 0.2) is 12.5 Å². The summed E-state index contributed by atoms with van der Waals surface area (Å²) in [6, 6.07) is 0.876. The monoisotopic (exact) mass is 291 g/mol. The number of hydrogen-bond acceptors (Lipinski definition) is 5. The first-order valence-electron chi connectivity index (χ1n) is 6.35. The zero-order chi connectivity index (χ0) is 15.8. The Bertz CT molecular complexity index is 602. The van der Waals surface area contributed by atoms with Gasteiger partial charge in [-0.25, -0.2) is 9.69 Å². The molecule has 2 heterocycles. The van der Waals surface area contributed by atoms with Crippen molar-refractivity contribution in [2.45, 2.75) is 31.7 Å². The van der Waals surface area contributed by atoms with Gasteiger partial charge in [-0.2, -0.15) is 0 Å². The molecule has 2 amide bonds. The van der Waals surface area contributed by atoms with Crippen molar-refractivity contribution in [3.05, 3.63) is 24.4 Å². The highest BCUT2D eigenvalue weighted by atomic mass is 16.5. The van der Waals surface area contributed by atoms with Crippen LogP contribution >= 0.6 is 0 Å². The van der Waals surface area contributed by atoms with Crippen LogP contribution in [-0.4, -0.2) is 45.3 Å². The van der Waals surface area contributed by atoms with Crippen LogP contribution in [-0.2, 0) is 5.41 Å². The smallest absolute Gasteiger partial charge is 0.331 e. The number of nitrogens with zero attached hydrogens (tertiary/aromatic N) is 3. The Morgan fingerprint density at radius 3 is 2.81 bits per heavy atom. The first-order chi connectivity index (χ1) is 9.83. The summed E-state index contributed by atoms with van der Waals surface area (Å²) in [7, 11) is 0. The Balaban J connectivity index is 2.33. The topological polar surface area (TPSA) is 90.0 Å². The molecule has 7 heteroatoms. The molecular formula is C14H17N3O4. The maximum atomic E-state index is 12.2. The maximum Gasteiger partial charge on any atom is 0.331 e. The van der Waals surface area contributed by atoms with Crippen molar-refractivity contribution in [1.29, 1.82) is 0 Å². The number of carbonyl (C=O) groups is 1. The molecule has 0 aliphatic carbocycles. The fraction of sp³-hybridized carbons (Fsp3) is 0.429. The van der Waals surface area contributed by atoms with Crippen LogP contribution in [0.15, 0.2) is 23.2 Å². The molecule has 7 nitrogen and oxygen atoms in total. The quantitative estimate of drug-likeness (QED) is 0.628. The molecule has 1 aliphatic rings. The molecule has 2 rings (SSSR count). The lowest BCUT2D eigenvalue weighted by Crippen LogP contribution is -2.36. The van der Waals surface area contributed by atoms with Crippen molar-refractivity contribution in [3.8, 4) is 12.3 Å². The summed E-state index contributed by atoms with van der Waals surface area (Å²) >= 11 is 0. The van der Waals surface area contributed by atoms with E-state index in [0.717, 1.165) is 9.80 Å². The number of rotatable bonds is 4. The third kappa shape index (κ3) is 2.39. The van der Waals surface area contributed by atoms with Gasteiger partial charge in [-0.05, 0) is 13.8 Å². The van der Waals surface area contributed by atoms with E-state index in [1.165, 1.54) is 12.1 Å². The number of anilines is 1. The Morgan fingerprint density at radius 1 is 1.57 bits per heavy atom. The number of amides is 2. The third-order valence-corrected chi connectivity index (χ3v) is 3.36. The van der Waals surface area contributed by atoms with Gasteiger partial charge in [-0.1, -0.05) is 17.2 Å². The van der Waals surface area contributed by atoms with Crippen molar-refractivity contribution in [2.24, 2.45) is 0 Å². The number of urea groups is 1. The average Bonchev–Trinajstić information content (AvgIpc) is 3.00. The van der Waals surface area contributed by atoms with E-state index in [-0.39, 0.29) is 12.4 Å². The molecule has 1 saturated heterocycles. The highest BCUT2D eigenvalue weighted by molar-refractivity contribution is 5.93. The number of carbonyl (C=O) groups excluding carboxylic acids is 1. The van der Waals surface area contributed by atoms with Gasteiger partial charge in [0.1, 0.15) is 5.69 Å². The minimum atomic E-state index is -1.45. The number of aliphatic hydroxyl groups excluding tert-OH is 2. The molecule has 1 fully saturated rings. The average molecular weight is 291 g/mol. The van der Waals surface area contributed by atoms with E-state index in [0.29, 0.717) is 5.69 Å². The molecule has 1 aromatic heterocycles. The normalized spacial score (nSPS) is 22.5. The molecule has 0 bridgehead atoms. The number of terminal acetylenes is 1. The predicted molar refractivity (Wildman–Crippen MR) is 75.2 cm³/mol. The van der Waals surface area contributed by atoms with Gasteiger partial charge in [0.05, 0.1) is 5.41 Å². The largest absolute Gasteiger partial charge is 0.369 e. The number of aliphatic hydroxyl groups is 2. The molecule has 2 unspecified atom stereocenters. The second-order valence-electron chi connectivity index (χ2n) is 5.24. The van der Waals surface area contributed by atoms with Gasteiger partial charge in [0.2, 0.25) is 5.88 Å². The zero-order valence-electron chi connectivity index (χ0n) is 11.9. The summed E-state index contributed by atoms with van der Waals surface area (Å²) in [5.41, 5.74) is -0.216. The van der Waals surface area contributed by atoms with Crippen molar-refractivity contribution >= 4 is 11.9 Å². The Labute approximate surface area is 122 Å². The van der Waals surface area contributed by atoms with Crippen LogP contribution in [0.5, 0.6) is 0 Å². The summed E-state index contributed by atoms with van der Waals surface area (Å²) in [5.74, 6) is 2.58. The van der Waals surface area contributed by atoms with Crippen molar-refractivity contribution in [1.82, 2.24) is 10.1 Å². The van der Waals surface area contributed by atoms with Crippen LogP contribution in [0.1, 0.15) is 19.5 Å². The van der Waals surface area contributed by atoms with Gasteiger partial charge in [-0.3, -0.25) is 4.90 Å². The fourth-order valence-electron chi connectivity index (χ4n) is 1.96. The van der Waals surface area contributed by atoms with Crippen LogP contribution in [0.25, 0.3) is 0 Å². The van der Waals surface area contributed by atoms with Crippen LogP contribution in [0.3, 0.4) is 0 Å². The van der Waals surface area contributed by atoms with E-state index in [1.807, 2.05) is 0 Å². The van der Waals surface area contributed by atoms with E-state index < -0.39 is 23.9 Å². The van der Waals surface area contributed by atoms with Gasteiger partial charge < -0.3 is 14.7 Å². The van der Waals surface area contributed by atoms with E-state index in [2.05, 4.69) is 17.7 Å². The standard InChI is InChI=1S/C14H17N3O4/c1-5-7-16-11(18)12(19)17(13(16)20)10-8-9(15-21-10)14(3,4)6-2/h2,5,8,11-12,18-19H,1,7H2,3-4H3. The van der Waals surface area contributed by atoms with Gasteiger partial charge >= 0.3 is 6.03 Å². The minimum absolute atomic E-state index is 0.0245. The summed E-state index contributed by atoms with van der Waals surface area (Å²) in [6.07, 6.45) is 4.05. The molecule has 2 N–H and O–H groups in total. The first-order valence-corrected chi connectivity index (χ1v) is 6.35. The third-order valence-electron chi connectivity index (χ3n) is 3.36. The lowest BCUT2D eigenvalue weighted by atomic mass is 9.91. The highest BCUT2D eigenvalue weighted by Gasteiger charge is 2.46. The highest BCUT2D eigenvalue weighted by Crippen LogP contribution is 2.31. The van der Waals surface area contributed by atoms with Gasteiger partial charge in [0, 0.05) is 12.6 Å². The zero-order valence-corrected chi connectivity index (χ0v) is 11.9. The lowest BCUT2D eigenvalue weighted by Gasteiger charge is -2.16. The van der Waals surface area contributed by atoms with Gasteiger partial charge in [-0.15, -0.1) is 13.0 Å². The molecule has 0 saturated carbocycles. The van der Waals surface area contributed by atoms with Crippen molar-refractivity contribution in [2.75, 3.05) is 11.4 Å². The molecule has 1 aliphatic heterocycles. The molecule has 1 aromatic rings. The van der Waals surface area contributed by atoms with E-state index in [1.54, 1.807) is 13.8 Å². The van der Waals surface area contributed by atoms with Crippen LogP contribution in [0, 0.1) is 12.3 Å². The lowest BCUT2D eigenvalue weighted by molar-refractivity contribution is -0.0242. The van der Waals surface area contributed by atoms with Crippen LogP contribution in [0.4, 0.5) is 10.7 Å². The van der Waals surface area contributed by atoms with E-state index in [4.69, 9.17) is 10.9 Å². The minimum Gasteiger partial charge on any atom is -0.369 e. The first kappa shape index (κ1) is 15.1. The van der Waals surface area contributed by atoms with Crippen molar-refractivity contribution < 1.29 is 19.5 Å². The van der Waals surface area contributed by atoms with Gasteiger partial charge in [0.25, 0.3) is 0 Å². The van der Waals surface area contributed by atoms with Crippen molar-refractivity contribution in [3.63, 3.8) is 0 Å². The van der Waals surface area contributed by atoms with Crippen LogP contribution < -0.4 is 4.90 Å². The molecular weight excluding hydrogens is 274 g/mol. The molecule has 21 heavy (non-hydrogen) atoms. The van der Waals surface area contributed by atoms with Crippen LogP contribution in [0.2, 0.25) is 0 Å². The predicted octanol–water partition coefficient (Wildman–Crippen LogP) is 0.650. The maximum absolute atomic E-state index is 12.2. The fourth-order valence-corrected chi connectivity index (χ4v) is 1.96. The van der Waals surface area contributed by atoms with E-state index >= 15 is 0 Å². The molecule has 2 atom stereocenters. The Kier molecular flexibility index (Phi) is 3.77. The van der Waals surface area contributed by atoms with E-state index in [9.17, 15) is 15.0 Å². The summed E-state index contributed by atoms with van der Waals surface area (Å²) in [6.45, 7) is 7.15. The summed E-state index contributed by atoms with van der Waals surface area (Å²) in [5, 5.41) is 23.7. The summed E-state index contributed by atoms with van der Waals surface area (Å²) in [4.78, 5) is 14.2. The SMILES string of the molecule is C#CC(C)(C)c1cc(N2C(=O)N(CC=C)C(O)C2O)on1.